The van der Waals surface area contributed by atoms with Gasteiger partial charge in [-0.3, -0.25) is 0 Å². The zero-order valence-electron chi connectivity index (χ0n) is 5.81. The molecule has 5 heteroatoms. The Balaban J connectivity index is 0.000001000. The summed E-state index contributed by atoms with van der Waals surface area (Å²) in [7, 11) is 0. The number of alkyl halides is 2. The van der Waals surface area contributed by atoms with E-state index >= 15 is 0 Å². The molecule has 1 unspecified atom stereocenters. The van der Waals surface area contributed by atoms with Crippen LogP contribution in [0.5, 0.6) is 0 Å². The molecular formula is C6H9ClF2N2. The van der Waals surface area contributed by atoms with Crippen molar-refractivity contribution in [2.75, 3.05) is 6.54 Å². The lowest BCUT2D eigenvalue weighted by Gasteiger charge is -2.04. The first-order valence-corrected chi connectivity index (χ1v) is 3.12. The van der Waals surface area contributed by atoms with Gasteiger partial charge in [0, 0.05) is 12.5 Å². The number of rotatable bonds is 1. The lowest BCUT2D eigenvalue weighted by Crippen LogP contribution is -2.21. The van der Waals surface area contributed by atoms with Crippen molar-refractivity contribution in [3.8, 4) is 6.07 Å². The van der Waals surface area contributed by atoms with Gasteiger partial charge in [-0.25, -0.2) is 8.78 Å². The summed E-state index contributed by atoms with van der Waals surface area (Å²) in [4.78, 5) is 0. The molecule has 1 aliphatic rings. The van der Waals surface area contributed by atoms with Crippen LogP contribution in [0.3, 0.4) is 0 Å². The minimum Gasteiger partial charge on any atom is -0.307 e. The zero-order chi connectivity index (χ0) is 7.61. The van der Waals surface area contributed by atoms with Crippen LogP contribution in [0.4, 0.5) is 8.78 Å². The molecule has 1 heterocycles. The first kappa shape index (κ1) is 10.6. The fourth-order valence-corrected chi connectivity index (χ4v) is 1.05. The van der Waals surface area contributed by atoms with Gasteiger partial charge in [-0.15, -0.1) is 12.4 Å². The van der Waals surface area contributed by atoms with Crippen molar-refractivity contribution in [3.05, 3.63) is 0 Å². The summed E-state index contributed by atoms with van der Waals surface area (Å²) in [6, 6.07) is 1.55. The standard InChI is InChI=1S/C6H8F2N2.ClH/c7-6(8)3-5(1-2-9)10-4-6;/h5,10H,1,3-4H2;1H. The van der Waals surface area contributed by atoms with Gasteiger partial charge < -0.3 is 5.32 Å². The van der Waals surface area contributed by atoms with Crippen LogP contribution in [0.25, 0.3) is 0 Å². The van der Waals surface area contributed by atoms with Crippen molar-refractivity contribution >= 4 is 12.4 Å². The summed E-state index contributed by atoms with van der Waals surface area (Å²) in [5.41, 5.74) is 0. The van der Waals surface area contributed by atoms with Gasteiger partial charge >= 0.3 is 0 Å². The number of nitrogens with zero attached hydrogens (tertiary/aromatic N) is 1. The summed E-state index contributed by atoms with van der Waals surface area (Å²) in [6.07, 6.45) is -0.0177. The van der Waals surface area contributed by atoms with Crippen LogP contribution in [0.15, 0.2) is 0 Å². The maximum atomic E-state index is 12.3. The van der Waals surface area contributed by atoms with Crippen molar-refractivity contribution in [1.29, 1.82) is 5.26 Å². The lowest BCUT2D eigenvalue weighted by atomic mass is 10.1. The second-order valence-corrected chi connectivity index (χ2v) is 2.50. The van der Waals surface area contributed by atoms with Gasteiger partial charge in [0.15, 0.2) is 0 Å². The molecule has 1 aliphatic heterocycles. The van der Waals surface area contributed by atoms with Crippen LogP contribution in [-0.2, 0) is 0 Å². The van der Waals surface area contributed by atoms with Crippen molar-refractivity contribution in [2.24, 2.45) is 0 Å². The molecule has 1 N–H and O–H groups in total. The Kier molecular flexibility index (Phi) is 3.70. The summed E-state index contributed by atoms with van der Waals surface area (Å²) < 4.78 is 24.7. The second-order valence-electron chi connectivity index (χ2n) is 2.50. The molecule has 1 atom stereocenters. The maximum absolute atomic E-state index is 12.3. The number of hydrogen-bond acceptors (Lipinski definition) is 2. The van der Waals surface area contributed by atoms with Crippen LogP contribution in [0, 0.1) is 11.3 Å². The largest absolute Gasteiger partial charge is 0.307 e. The molecule has 1 fully saturated rings. The zero-order valence-corrected chi connectivity index (χ0v) is 6.63. The van der Waals surface area contributed by atoms with Crippen LogP contribution < -0.4 is 5.32 Å². The normalized spacial score (nSPS) is 27.2. The van der Waals surface area contributed by atoms with Gasteiger partial charge in [0.25, 0.3) is 5.92 Å². The quantitative estimate of drug-likeness (QED) is 0.664. The smallest absolute Gasteiger partial charge is 0.261 e. The lowest BCUT2D eigenvalue weighted by molar-refractivity contribution is 0.0212. The second kappa shape index (κ2) is 3.84. The summed E-state index contributed by atoms with van der Waals surface area (Å²) in [6.45, 7) is -0.278. The monoisotopic (exact) mass is 182 g/mol. The average Bonchev–Trinajstić information content (AvgIpc) is 2.12. The van der Waals surface area contributed by atoms with Crippen molar-refractivity contribution < 1.29 is 8.78 Å². The van der Waals surface area contributed by atoms with Crippen LogP contribution in [0.2, 0.25) is 0 Å². The number of nitrogens with one attached hydrogen (secondary N) is 1. The van der Waals surface area contributed by atoms with E-state index in [9.17, 15) is 8.78 Å². The third kappa shape index (κ3) is 3.00. The van der Waals surface area contributed by atoms with E-state index < -0.39 is 5.92 Å². The highest BCUT2D eigenvalue weighted by atomic mass is 35.5. The number of halogens is 3. The highest BCUT2D eigenvalue weighted by Crippen LogP contribution is 2.25. The van der Waals surface area contributed by atoms with E-state index in [2.05, 4.69) is 5.32 Å². The van der Waals surface area contributed by atoms with Gasteiger partial charge in [-0.05, 0) is 0 Å². The summed E-state index contributed by atoms with van der Waals surface area (Å²) in [5, 5.41) is 10.7. The molecule has 0 aromatic rings. The van der Waals surface area contributed by atoms with Gasteiger partial charge in [0.1, 0.15) is 0 Å². The Morgan fingerprint density at radius 1 is 1.64 bits per heavy atom. The third-order valence-corrected chi connectivity index (χ3v) is 1.53. The minimum atomic E-state index is -2.60. The van der Waals surface area contributed by atoms with Gasteiger partial charge in [0.05, 0.1) is 19.0 Å². The van der Waals surface area contributed by atoms with E-state index in [1.807, 2.05) is 6.07 Å². The van der Waals surface area contributed by atoms with E-state index in [-0.39, 0.29) is 37.8 Å². The molecular weight excluding hydrogens is 174 g/mol. The molecule has 0 aliphatic carbocycles. The molecule has 2 nitrogen and oxygen atoms in total. The first-order chi connectivity index (χ1) is 4.64. The topological polar surface area (TPSA) is 35.8 Å². The molecule has 64 valence electrons. The Labute approximate surface area is 70.0 Å². The third-order valence-electron chi connectivity index (χ3n) is 1.53. The summed E-state index contributed by atoms with van der Waals surface area (Å²) >= 11 is 0. The Morgan fingerprint density at radius 2 is 2.27 bits per heavy atom. The SMILES string of the molecule is Cl.N#CCC1CC(F)(F)CN1. The molecule has 0 amide bonds. The predicted octanol–water partition coefficient (Wildman–Crippen LogP) is 1.32. The molecule has 0 spiro atoms. The Bertz CT molecular complexity index is 166. The Hall–Kier alpha value is -0.400. The molecule has 1 rings (SSSR count). The molecule has 1 saturated heterocycles. The van der Waals surface area contributed by atoms with Crippen molar-refractivity contribution in [3.63, 3.8) is 0 Å². The fraction of sp³-hybridized carbons (Fsp3) is 0.833. The van der Waals surface area contributed by atoms with E-state index in [0.717, 1.165) is 0 Å². The van der Waals surface area contributed by atoms with Crippen molar-refractivity contribution in [2.45, 2.75) is 24.8 Å². The summed E-state index contributed by atoms with van der Waals surface area (Å²) in [5.74, 6) is -2.60. The fourth-order valence-electron chi connectivity index (χ4n) is 1.05. The van der Waals surface area contributed by atoms with E-state index in [0.29, 0.717) is 0 Å². The molecule has 0 saturated carbocycles. The number of nitriles is 1. The van der Waals surface area contributed by atoms with E-state index in [4.69, 9.17) is 5.26 Å². The molecule has 0 aromatic heterocycles. The van der Waals surface area contributed by atoms with Crippen LogP contribution >= 0.6 is 12.4 Å². The highest BCUT2D eigenvalue weighted by molar-refractivity contribution is 5.85. The molecule has 0 aromatic carbocycles. The van der Waals surface area contributed by atoms with E-state index in [1.54, 1.807) is 0 Å². The maximum Gasteiger partial charge on any atom is 0.261 e. The average molecular weight is 183 g/mol. The molecule has 0 radical (unpaired) electrons. The van der Waals surface area contributed by atoms with Gasteiger partial charge in [-0.2, -0.15) is 5.26 Å². The van der Waals surface area contributed by atoms with Gasteiger partial charge in [0.2, 0.25) is 0 Å². The minimum absolute atomic E-state index is 0. The number of hydrogen-bond donors (Lipinski definition) is 1. The predicted molar refractivity (Wildman–Crippen MR) is 38.8 cm³/mol. The molecule has 0 bridgehead atoms. The highest BCUT2D eigenvalue weighted by Gasteiger charge is 2.38. The van der Waals surface area contributed by atoms with Crippen molar-refractivity contribution in [1.82, 2.24) is 5.32 Å². The first-order valence-electron chi connectivity index (χ1n) is 3.12. The van der Waals surface area contributed by atoms with Crippen LogP contribution in [0.1, 0.15) is 12.8 Å². The molecule has 11 heavy (non-hydrogen) atoms. The van der Waals surface area contributed by atoms with Gasteiger partial charge in [-0.1, -0.05) is 0 Å². The van der Waals surface area contributed by atoms with E-state index in [1.165, 1.54) is 0 Å². The Morgan fingerprint density at radius 3 is 2.64 bits per heavy atom. The van der Waals surface area contributed by atoms with Crippen LogP contribution in [-0.4, -0.2) is 18.5 Å².